The number of amides is 4. The maximum absolute atomic E-state index is 12.3. The SMILES string of the molecule is COC(=O)CNC(=O)C(C)N1C(=O)CC(NC(=O)OC(C)(C)C)C1=O. The summed E-state index contributed by atoms with van der Waals surface area (Å²) in [5, 5.41) is 4.59. The molecule has 0 aliphatic carbocycles. The number of alkyl carbamates (subject to hydrolysis) is 1. The first-order chi connectivity index (χ1) is 11.5. The number of esters is 1. The Hall–Kier alpha value is -2.65. The highest BCUT2D eigenvalue weighted by atomic mass is 16.6. The van der Waals surface area contributed by atoms with Crippen LogP contribution in [0.15, 0.2) is 0 Å². The van der Waals surface area contributed by atoms with E-state index >= 15 is 0 Å². The van der Waals surface area contributed by atoms with Gasteiger partial charge in [0.25, 0.3) is 5.91 Å². The molecule has 1 fully saturated rings. The third kappa shape index (κ3) is 5.73. The molecule has 140 valence electrons. The molecule has 1 aliphatic rings. The zero-order chi connectivity index (χ0) is 19.4. The molecule has 0 aromatic carbocycles. The van der Waals surface area contributed by atoms with Gasteiger partial charge in [0.1, 0.15) is 24.2 Å². The van der Waals surface area contributed by atoms with Crippen molar-refractivity contribution in [2.24, 2.45) is 0 Å². The van der Waals surface area contributed by atoms with Gasteiger partial charge in [0.2, 0.25) is 11.8 Å². The third-order valence-electron chi connectivity index (χ3n) is 3.28. The van der Waals surface area contributed by atoms with Crippen LogP contribution < -0.4 is 10.6 Å². The molecule has 10 nitrogen and oxygen atoms in total. The van der Waals surface area contributed by atoms with Gasteiger partial charge in [-0.25, -0.2) is 4.79 Å². The number of rotatable bonds is 5. The minimum absolute atomic E-state index is 0.271. The van der Waals surface area contributed by atoms with E-state index in [2.05, 4.69) is 15.4 Å². The summed E-state index contributed by atoms with van der Waals surface area (Å²) in [4.78, 5) is 59.9. The van der Waals surface area contributed by atoms with E-state index in [0.29, 0.717) is 0 Å². The van der Waals surface area contributed by atoms with Gasteiger partial charge in [0, 0.05) is 0 Å². The van der Waals surface area contributed by atoms with Crippen molar-refractivity contribution in [3.05, 3.63) is 0 Å². The van der Waals surface area contributed by atoms with Crippen molar-refractivity contribution < 1.29 is 33.4 Å². The van der Waals surface area contributed by atoms with Gasteiger partial charge in [0.15, 0.2) is 0 Å². The maximum atomic E-state index is 12.3. The van der Waals surface area contributed by atoms with E-state index in [0.717, 1.165) is 4.90 Å². The largest absolute Gasteiger partial charge is 0.468 e. The van der Waals surface area contributed by atoms with Crippen LogP contribution in [0.25, 0.3) is 0 Å². The van der Waals surface area contributed by atoms with Crippen molar-refractivity contribution >= 4 is 29.8 Å². The lowest BCUT2D eigenvalue weighted by atomic mass is 10.2. The van der Waals surface area contributed by atoms with Crippen LogP contribution in [0.3, 0.4) is 0 Å². The number of imide groups is 1. The van der Waals surface area contributed by atoms with Gasteiger partial charge in [-0.05, 0) is 27.7 Å². The standard InChI is InChI=1S/C15H23N3O7/c1-8(12(21)16-7-11(20)24-5)18-10(19)6-9(13(18)22)17-14(23)25-15(2,3)4/h8-9H,6-7H2,1-5H3,(H,16,21)(H,17,23). The Morgan fingerprint density at radius 1 is 1.28 bits per heavy atom. The summed E-state index contributed by atoms with van der Waals surface area (Å²) in [6, 6.07) is -2.23. The molecule has 1 aliphatic heterocycles. The minimum atomic E-state index is -1.13. The minimum Gasteiger partial charge on any atom is -0.468 e. The number of ether oxygens (including phenoxy) is 2. The number of hydrogen-bond acceptors (Lipinski definition) is 7. The van der Waals surface area contributed by atoms with E-state index < -0.39 is 47.5 Å². The highest BCUT2D eigenvalue weighted by Gasteiger charge is 2.44. The Morgan fingerprint density at radius 2 is 1.88 bits per heavy atom. The molecule has 2 N–H and O–H groups in total. The zero-order valence-electron chi connectivity index (χ0n) is 14.9. The van der Waals surface area contributed by atoms with Gasteiger partial charge in [-0.2, -0.15) is 0 Å². The molecular weight excluding hydrogens is 334 g/mol. The fourth-order valence-electron chi connectivity index (χ4n) is 2.12. The van der Waals surface area contributed by atoms with Crippen molar-refractivity contribution in [3.8, 4) is 0 Å². The average molecular weight is 357 g/mol. The Bertz CT molecular complexity index is 582. The predicted molar refractivity (Wildman–Crippen MR) is 84.1 cm³/mol. The number of nitrogens with one attached hydrogen (secondary N) is 2. The normalized spacial score (nSPS) is 18.6. The molecule has 0 radical (unpaired) electrons. The Morgan fingerprint density at radius 3 is 2.40 bits per heavy atom. The zero-order valence-corrected chi connectivity index (χ0v) is 14.9. The molecule has 2 unspecified atom stereocenters. The first-order valence-electron chi connectivity index (χ1n) is 7.66. The molecule has 1 saturated heterocycles. The summed E-state index contributed by atoms with van der Waals surface area (Å²) in [7, 11) is 1.17. The molecule has 0 bridgehead atoms. The number of carbonyl (C=O) groups excluding carboxylic acids is 5. The van der Waals surface area contributed by atoms with Crippen LogP contribution in [-0.4, -0.2) is 66.0 Å². The summed E-state index contributed by atoms with van der Waals surface area (Å²) >= 11 is 0. The second-order valence-electron chi connectivity index (χ2n) is 6.47. The van der Waals surface area contributed by atoms with Crippen molar-refractivity contribution in [1.29, 1.82) is 0 Å². The molecule has 25 heavy (non-hydrogen) atoms. The third-order valence-corrected chi connectivity index (χ3v) is 3.28. The average Bonchev–Trinajstić information content (AvgIpc) is 2.75. The maximum Gasteiger partial charge on any atom is 0.408 e. The van der Waals surface area contributed by atoms with Crippen molar-refractivity contribution in [2.75, 3.05) is 13.7 Å². The second kappa shape index (κ2) is 7.95. The summed E-state index contributed by atoms with van der Waals surface area (Å²) in [6.45, 7) is 5.95. The van der Waals surface area contributed by atoms with Gasteiger partial charge in [-0.15, -0.1) is 0 Å². The fourth-order valence-corrected chi connectivity index (χ4v) is 2.12. The smallest absolute Gasteiger partial charge is 0.408 e. The van der Waals surface area contributed by atoms with Crippen LogP contribution in [-0.2, 0) is 28.7 Å². The molecule has 0 aromatic heterocycles. The van der Waals surface area contributed by atoms with Crippen molar-refractivity contribution in [3.63, 3.8) is 0 Å². The molecule has 0 saturated carbocycles. The number of nitrogens with zero attached hydrogens (tertiary/aromatic N) is 1. The Balaban J connectivity index is 2.68. The van der Waals surface area contributed by atoms with Crippen LogP contribution in [0.4, 0.5) is 4.79 Å². The Kier molecular flexibility index (Phi) is 6.49. The van der Waals surface area contributed by atoms with Crippen LogP contribution in [0, 0.1) is 0 Å². The predicted octanol–water partition coefficient (Wildman–Crippen LogP) is -0.684. The fraction of sp³-hybridized carbons (Fsp3) is 0.667. The molecule has 0 spiro atoms. The summed E-state index contributed by atoms with van der Waals surface area (Å²) in [6.07, 6.45) is -1.10. The molecule has 10 heteroatoms. The molecule has 0 aromatic rings. The van der Waals surface area contributed by atoms with E-state index in [1.807, 2.05) is 0 Å². The van der Waals surface area contributed by atoms with Crippen molar-refractivity contribution in [1.82, 2.24) is 15.5 Å². The van der Waals surface area contributed by atoms with Crippen LogP contribution in [0.1, 0.15) is 34.1 Å². The van der Waals surface area contributed by atoms with Crippen LogP contribution >= 0.6 is 0 Å². The van der Waals surface area contributed by atoms with Gasteiger partial charge in [-0.3, -0.25) is 24.1 Å². The summed E-state index contributed by atoms with van der Waals surface area (Å²) < 4.78 is 9.43. The van der Waals surface area contributed by atoms with E-state index in [4.69, 9.17) is 4.74 Å². The monoisotopic (exact) mass is 357 g/mol. The first-order valence-corrected chi connectivity index (χ1v) is 7.66. The molecule has 1 heterocycles. The molecular formula is C15H23N3O7. The first kappa shape index (κ1) is 20.4. The summed E-state index contributed by atoms with van der Waals surface area (Å²) in [5.41, 5.74) is -0.753. The lowest BCUT2D eigenvalue weighted by Crippen LogP contribution is -2.51. The summed E-state index contributed by atoms with van der Waals surface area (Å²) in [5.74, 6) is -2.67. The van der Waals surface area contributed by atoms with Crippen LogP contribution in [0.2, 0.25) is 0 Å². The quantitative estimate of drug-likeness (QED) is 0.492. The lowest BCUT2D eigenvalue weighted by molar-refractivity contribution is -0.147. The molecule has 1 rings (SSSR count). The van der Waals surface area contributed by atoms with Gasteiger partial charge >= 0.3 is 12.1 Å². The number of hydrogen-bond donors (Lipinski definition) is 2. The topological polar surface area (TPSA) is 131 Å². The number of carbonyl (C=O) groups is 5. The lowest BCUT2D eigenvalue weighted by Gasteiger charge is -2.23. The second-order valence-corrected chi connectivity index (χ2v) is 6.47. The molecule has 2 atom stereocenters. The van der Waals surface area contributed by atoms with E-state index in [9.17, 15) is 24.0 Å². The van der Waals surface area contributed by atoms with Crippen LogP contribution in [0.5, 0.6) is 0 Å². The number of methoxy groups -OCH3 is 1. The van der Waals surface area contributed by atoms with E-state index in [-0.39, 0.29) is 13.0 Å². The number of likely N-dealkylation sites (tertiary alicyclic amines) is 1. The van der Waals surface area contributed by atoms with Gasteiger partial charge < -0.3 is 20.1 Å². The van der Waals surface area contributed by atoms with E-state index in [1.54, 1.807) is 20.8 Å². The molecule has 4 amide bonds. The highest BCUT2D eigenvalue weighted by Crippen LogP contribution is 2.17. The van der Waals surface area contributed by atoms with Gasteiger partial charge in [-0.1, -0.05) is 0 Å². The van der Waals surface area contributed by atoms with Crippen molar-refractivity contribution in [2.45, 2.75) is 51.8 Å². The Labute approximate surface area is 145 Å². The van der Waals surface area contributed by atoms with Gasteiger partial charge in [0.05, 0.1) is 13.5 Å². The van der Waals surface area contributed by atoms with E-state index in [1.165, 1.54) is 14.0 Å². The highest BCUT2D eigenvalue weighted by molar-refractivity contribution is 6.09.